The fourth-order valence-electron chi connectivity index (χ4n) is 5.29. The normalized spacial score (nSPS) is 21.0. The van der Waals surface area contributed by atoms with E-state index in [9.17, 15) is 41.5 Å². The SMILES string of the molecule is CC(C)C[C@H](CC(=O)CN1CCOCC1)C(=O)N[C@@H](COC(F)F)C(=O)C[C@@H](COC(F)F)C(=O)N[C@@H](CC(C)C)C(=O)[C@@]1(C)CO1. The van der Waals surface area contributed by atoms with Crippen molar-refractivity contribution in [1.29, 1.82) is 0 Å². The molecule has 2 rings (SSSR count). The van der Waals surface area contributed by atoms with E-state index in [1.807, 2.05) is 32.6 Å². The van der Waals surface area contributed by atoms with Crippen LogP contribution in [0.2, 0.25) is 0 Å². The van der Waals surface area contributed by atoms with Gasteiger partial charge in [0.25, 0.3) is 0 Å². The van der Waals surface area contributed by atoms with Crippen LogP contribution in [0.4, 0.5) is 17.6 Å². The molecule has 16 heteroatoms. The Hall–Kier alpha value is -2.53. The van der Waals surface area contributed by atoms with Crippen molar-refractivity contribution in [3.8, 4) is 0 Å². The maximum Gasteiger partial charge on any atom is 0.345 e. The summed E-state index contributed by atoms with van der Waals surface area (Å²) in [6.45, 7) is 2.60. The molecule has 2 amide bonds. The number of rotatable bonds is 23. The van der Waals surface area contributed by atoms with Gasteiger partial charge in [-0.1, -0.05) is 27.7 Å². The number of halogens is 4. The molecule has 2 saturated heterocycles. The van der Waals surface area contributed by atoms with Crippen molar-refractivity contribution >= 4 is 29.2 Å². The second-order valence-electron chi connectivity index (χ2n) is 13.1. The summed E-state index contributed by atoms with van der Waals surface area (Å²) in [5.74, 6) is -5.90. The first kappa shape index (κ1) is 40.6. The lowest BCUT2D eigenvalue weighted by molar-refractivity contribution is -0.156. The van der Waals surface area contributed by atoms with Crippen molar-refractivity contribution in [2.75, 3.05) is 52.7 Å². The number of ketones is 3. The highest BCUT2D eigenvalue weighted by Crippen LogP contribution is 2.30. The minimum absolute atomic E-state index is 0.0437. The van der Waals surface area contributed by atoms with Gasteiger partial charge in [0, 0.05) is 31.8 Å². The van der Waals surface area contributed by atoms with Gasteiger partial charge in [0.05, 0.1) is 51.5 Å². The number of carbonyl (C=O) groups is 5. The quantitative estimate of drug-likeness (QED) is 0.121. The Morgan fingerprint density at radius 3 is 1.85 bits per heavy atom. The van der Waals surface area contributed by atoms with Crippen molar-refractivity contribution in [2.45, 2.75) is 91.2 Å². The summed E-state index contributed by atoms with van der Waals surface area (Å²) >= 11 is 0. The van der Waals surface area contributed by atoms with E-state index >= 15 is 0 Å². The average molecular weight is 684 g/mol. The molecule has 0 spiro atoms. The highest BCUT2D eigenvalue weighted by Gasteiger charge is 2.50. The molecule has 0 unspecified atom stereocenters. The molecule has 12 nitrogen and oxygen atoms in total. The summed E-state index contributed by atoms with van der Waals surface area (Å²) in [4.78, 5) is 67.8. The number of nitrogens with zero attached hydrogens (tertiary/aromatic N) is 1. The minimum Gasteiger partial charge on any atom is -0.379 e. The Labute approximate surface area is 272 Å². The maximum atomic E-state index is 13.4. The first-order valence-corrected chi connectivity index (χ1v) is 15.9. The first-order chi connectivity index (χ1) is 22.0. The highest BCUT2D eigenvalue weighted by molar-refractivity contribution is 5.98. The Kier molecular flexibility index (Phi) is 16.8. The molecular formula is C31H49F4N3O9. The lowest BCUT2D eigenvalue weighted by Gasteiger charge is -2.27. The molecule has 47 heavy (non-hydrogen) atoms. The number of nitrogens with one attached hydrogen (secondary N) is 2. The van der Waals surface area contributed by atoms with Crippen molar-refractivity contribution in [2.24, 2.45) is 23.7 Å². The Bertz CT molecular complexity index is 1050. The predicted molar refractivity (Wildman–Crippen MR) is 160 cm³/mol. The molecule has 0 radical (unpaired) electrons. The Morgan fingerprint density at radius 1 is 0.787 bits per heavy atom. The van der Waals surface area contributed by atoms with Gasteiger partial charge < -0.3 is 29.6 Å². The summed E-state index contributed by atoms with van der Waals surface area (Å²) < 4.78 is 71.2. The van der Waals surface area contributed by atoms with Crippen LogP contribution in [-0.4, -0.2) is 118 Å². The second-order valence-corrected chi connectivity index (χ2v) is 13.1. The smallest absolute Gasteiger partial charge is 0.345 e. The number of amides is 2. The number of carbonyl (C=O) groups excluding carboxylic acids is 5. The van der Waals surface area contributed by atoms with Gasteiger partial charge in [-0.3, -0.25) is 28.9 Å². The van der Waals surface area contributed by atoms with Gasteiger partial charge in [0.15, 0.2) is 11.6 Å². The van der Waals surface area contributed by atoms with Crippen molar-refractivity contribution in [3.05, 3.63) is 0 Å². The van der Waals surface area contributed by atoms with Crippen LogP contribution in [0.1, 0.15) is 60.3 Å². The van der Waals surface area contributed by atoms with Crippen molar-refractivity contribution < 1.29 is 60.5 Å². The number of hydrogen-bond acceptors (Lipinski definition) is 10. The molecule has 0 aliphatic carbocycles. The number of morpholine rings is 1. The van der Waals surface area contributed by atoms with Crippen molar-refractivity contribution in [3.63, 3.8) is 0 Å². The van der Waals surface area contributed by atoms with Crippen LogP contribution in [-0.2, 0) is 42.9 Å². The fourth-order valence-corrected chi connectivity index (χ4v) is 5.29. The largest absolute Gasteiger partial charge is 0.379 e. The van der Waals surface area contributed by atoms with Crippen LogP contribution in [0.15, 0.2) is 0 Å². The topological polar surface area (TPSA) is 153 Å². The van der Waals surface area contributed by atoms with E-state index in [0.29, 0.717) is 26.3 Å². The van der Waals surface area contributed by atoms with Crippen LogP contribution < -0.4 is 10.6 Å². The molecule has 0 bridgehead atoms. The van der Waals surface area contributed by atoms with Crippen LogP contribution in [0.3, 0.4) is 0 Å². The molecule has 2 N–H and O–H groups in total. The number of ether oxygens (including phenoxy) is 4. The zero-order valence-corrected chi connectivity index (χ0v) is 27.7. The Balaban J connectivity index is 2.20. The van der Waals surface area contributed by atoms with Gasteiger partial charge >= 0.3 is 13.2 Å². The number of Topliss-reactive ketones (excluding diaryl/α,β-unsaturated/α-hetero) is 3. The number of alkyl halides is 4. The standard InChI is InChI=1S/C31H49F4N3O9/c1-18(2)10-20(12-22(39)14-38-6-8-44-9-7-38)27(42)37-24(16-46-30(34)35)25(40)13-21(15-45-29(32)33)28(43)36-23(11-19(3)4)26(41)31(5)17-47-31/h18-21,23-24,29-30H,6-17H2,1-5H3,(H,36,43)(H,37,42)/t20-,21+,23+,24+,31-/m1/s1. The fraction of sp³-hybridized carbons (Fsp3) is 0.839. The molecule has 2 heterocycles. The van der Waals surface area contributed by atoms with E-state index < -0.39 is 85.8 Å². The monoisotopic (exact) mass is 683 g/mol. The van der Waals surface area contributed by atoms with Crippen LogP contribution >= 0.6 is 0 Å². The molecule has 2 fully saturated rings. The summed E-state index contributed by atoms with van der Waals surface area (Å²) in [5.41, 5.74) is -1.10. The second kappa shape index (κ2) is 19.5. The van der Waals surface area contributed by atoms with E-state index in [-0.39, 0.29) is 50.0 Å². The summed E-state index contributed by atoms with van der Waals surface area (Å²) in [6.07, 6.45) is -0.531. The molecular weight excluding hydrogens is 634 g/mol. The van der Waals surface area contributed by atoms with Crippen LogP contribution in [0, 0.1) is 23.7 Å². The molecule has 0 aromatic rings. The lowest BCUT2D eigenvalue weighted by atomic mass is 9.90. The number of hydrogen-bond donors (Lipinski definition) is 2. The van der Waals surface area contributed by atoms with E-state index in [0.717, 1.165) is 0 Å². The van der Waals surface area contributed by atoms with Gasteiger partial charge in [0.2, 0.25) is 11.8 Å². The molecule has 0 aromatic carbocycles. The van der Waals surface area contributed by atoms with E-state index in [4.69, 9.17) is 9.47 Å². The molecule has 0 saturated carbocycles. The predicted octanol–water partition coefficient (Wildman–Crippen LogP) is 2.37. The summed E-state index contributed by atoms with van der Waals surface area (Å²) in [6, 6.07) is -2.75. The van der Waals surface area contributed by atoms with Crippen LogP contribution in [0.25, 0.3) is 0 Å². The molecule has 5 atom stereocenters. The van der Waals surface area contributed by atoms with Gasteiger partial charge in [-0.05, 0) is 31.6 Å². The molecule has 270 valence electrons. The summed E-state index contributed by atoms with van der Waals surface area (Å²) in [5, 5.41) is 4.90. The van der Waals surface area contributed by atoms with Crippen LogP contribution in [0.5, 0.6) is 0 Å². The third-order valence-electron chi connectivity index (χ3n) is 7.88. The third kappa shape index (κ3) is 15.1. The number of epoxide rings is 1. The van der Waals surface area contributed by atoms with Crippen molar-refractivity contribution in [1.82, 2.24) is 15.5 Å². The van der Waals surface area contributed by atoms with Gasteiger partial charge in [-0.2, -0.15) is 17.6 Å². The van der Waals surface area contributed by atoms with E-state index in [1.165, 1.54) is 0 Å². The first-order valence-electron chi connectivity index (χ1n) is 15.9. The van der Waals surface area contributed by atoms with E-state index in [2.05, 4.69) is 20.1 Å². The lowest BCUT2D eigenvalue weighted by Crippen LogP contribution is -2.51. The van der Waals surface area contributed by atoms with Gasteiger partial charge in [0.1, 0.15) is 17.4 Å². The summed E-state index contributed by atoms with van der Waals surface area (Å²) in [7, 11) is 0. The highest BCUT2D eigenvalue weighted by atomic mass is 19.3. The zero-order valence-electron chi connectivity index (χ0n) is 27.7. The van der Waals surface area contributed by atoms with Gasteiger partial charge in [-0.25, -0.2) is 0 Å². The third-order valence-corrected chi connectivity index (χ3v) is 7.88. The maximum absolute atomic E-state index is 13.4. The molecule has 2 aliphatic rings. The van der Waals surface area contributed by atoms with E-state index in [1.54, 1.807) is 6.92 Å². The zero-order chi connectivity index (χ0) is 35.3. The average Bonchev–Trinajstić information content (AvgIpc) is 3.73. The van der Waals surface area contributed by atoms with Gasteiger partial charge in [-0.15, -0.1) is 0 Å². The minimum atomic E-state index is -3.31. The molecule has 2 aliphatic heterocycles. The Morgan fingerprint density at radius 2 is 1.32 bits per heavy atom. The molecule has 0 aromatic heterocycles.